The number of rotatable bonds is 5. The highest BCUT2D eigenvalue weighted by molar-refractivity contribution is 5.74. The van der Waals surface area contributed by atoms with E-state index in [0.29, 0.717) is 5.56 Å². The third-order valence-corrected chi connectivity index (χ3v) is 4.11. The van der Waals surface area contributed by atoms with Gasteiger partial charge in [0.1, 0.15) is 5.82 Å². The first-order chi connectivity index (χ1) is 12.1. The number of nitro benzene ring substituents is 1. The summed E-state index contributed by atoms with van der Waals surface area (Å²) in [6.07, 6.45) is 2.49. The van der Waals surface area contributed by atoms with Crippen LogP contribution in [0.4, 0.5) is 10.5 Å². The number of aromatic nitrogens is 3. The molecule has 0 spiro atoms. The highest BCUT2D eigenvalue weighted by Crippen LogP contribution is 2.23. The lowest BCUT2D eigenvalue weighted by Gasteiger charge is -2.23. The number of urea groups is 1. The van der Waals surface area contributed by atoms with Crippen molar-refractivity contribution in [3.05, 3.63) is 51.6 Å². The van der Waals surface area contributed by atoms with Crippen LogP contribution in [-0.2, 0) is 19.5 Å². The lowest BCUT2D eigenvalue weighted by Crippen LogP contribution is -2.39. The van der Waals surface area contributed by atoms with Crippen molar-refractivity contribution in [3.63, 3.8) is 0 Å². The van der Waals surface area contributed by atoms with Crippen molar-refractivity contribution in [2.24, 2.45) is 0 Å². The molecule has 0 bridgehead atoms. The first-order valence-electron chi connectivity index (χ1n) is 8.28. The molecule has 2 N–H and O–H groups in total. The summed E-state index contributed by atoms with van der Waals surface area (Å²) in [5.74, 6) is 1.56. The van der Waals surface area contributed by atoms with Crippen LogP contribution in [0.2, 0.25) is 0 Å². The maximum absolute atomic E-state index is 12.2. The maximum Gasteiger partial charge on any atom is 0.315 e. The first-order valence-corrected chi connectivity index (χ1v) is 8.28. The van der Waals surface area contributed by atoms with Crippen LogP contribution in [0.15, 0.2) is 24.3 Å². The van der Waals surface area contributed by atoms with E-state index in [0.717, 1.165) is 37.5 Å². The molecule has 132 valence electrons. The Labute approximate surface area is 144 Å². The molecule has 0 saturated carbocycles. The van der Waals surface area contributed by atoms with Gasteiger partial charge in [0.25, 0.3) is 5.69 Å². The molecule has 0 fully saturated rings. The van der Waals surface area contributed by atoms with Crippen LogP contribution in [0.1, 0.15) is 43.0 Å². The van der Waals surface area contributed by atoms with E-state index in [1.165, 1.54) is 12.1 Å². The Morgan fingerprint density at radius 1 is 1.48 bits per heavy atom. The minimum atomic E-state index is -0.455. The lowest BCUT2D eigenvalue weighted by molar-refractivity contribution is -0.384. The van der Waals surface area contributed by atoms with Crippen LogP contribution in [0.3, 0.4) is 0 Å². The normalized spacial score (nSPS) is 16.1. The van der Waals surface area contributed by atoms with Crippen LogP contribution in [0.5, 0.6) is 0 Å². The molecular formula is C16H20N6O3. The Bertz CT molecular complexity index is 788. The van der Waals surface area contributed by atoms with Crippen molar-refractivity contribution >= 4 is 11.7 Å². The number of amides is 2. The number of fused-ring (bicyclic) bond motifs is 1. The second kappa shape index (κ2) is 7.29. The third-order valence-electron chi connectivity index (χ3n) is 4.11. The molecule has 0 saturated heterocycles. The molecule has 0 unspecified atom stereocenters. The maximum atomic E-state index is 12.2. The van der Waals surface area contributed by atoms with Gasteiger partial charge in [0.2, 0.25) is 0 Å². The Hall–Kier alpha value is -2.97. The molecule has 2 aromatic rings. The highest BCUT2D eigenvalue weighted by atomic mass is 16.6. The van der Waals surface area contributed by atoms with Gasteiger partial charge >= 0.3 is 6.03 Å². The smallest absolute Gasteiger partial charge is 0.315 e. The zero-order valence-corrected chi connectivity index (χ0v) is 13.9. The van der Waals surface area contributed by atoms with Gasteiger partial charge in [-0.25, -0.2) is 14.5 Å². The van der Waals surface area contributed by atoms with E-state index in [-0.39, 0.29) is 24.3 Å². The van der Waals surface area contributed by atoms with Gasteiger partial charge in [-0.05, 0) is 18.4 Å². The Morgan fingerprint density at radius 3 is 3.08 bits per heavy atom. The lowest BCUT2D eigenvalue weighted by atomic mass is 10.1. The summed E-state index contributed by atoms with van der Waals surface area (Å²) in [6, 6.07) is 5.70. The summed E-state index contributed by atoms with van der Waals surface area (Å²) >= 11 is 0. The van der Waals surface area contributed by atoms with Crippen molar-refractivity contribution in [1.29, 1.82) is 0 Å². The molecule has 0 radical (unpaired) electrons. The van der Waals surface area contributed by atoms with Crippen molar-refractivity contribution in [2.45, 2.75) is 45.3 Å². The number of carbonyl (C=O) groups excluding carboxylic acids is 1. The first kappa shape index (κ1) is 16.9. The minimum absolute atomic E-state index is 0.00665. The summed E-state index contributed by atoms with van der Waals surface area (Å²) < 4.78 is 1.85. The number of nitrogens with zero attached hydrogens (tertiary/aromatic N) is 4. The summed E-state index contributed by atoms with van der Waals surface area (Å²) in [5, 5.41) is 20.9. The van der Waals surface area contributed by atoms with Crippen molar-refractivity contribution < 1.29 is 9.72 Å². The Morgan fingerprint density at radius 2 is 2.32 bits per heavy atom. The zero-order valence-electron chi connectivity index (χ0n) is 13.9. The van der Waals surface area contributed by atoms with Crippen molar-refractivity contribution in [3.8, 4) is 0 Å². The predicted molar refractivity (Wildman–Crippen MR) is 89.8 cm³/mol. The Balaban J connectivity index is 1.59. The van der Waals surface area contributed by atoms with Gasteiger partial charge in [0.15, 0.2) is 5.82 Å². The molecule has 1 aromatic heterocycles. The monoisotopic (exact) mass is 344 g/mol. The van der Waals surface area contributed by atoms with E-state index in [4.69, 9.17) is 0 Å². The third kappa shape index (κ3) is 3.93. The number of benzene rings is 1. The molecule has 9 nitrogen and oxygen atoms in total. The molecule has 1 aliphatic heterocycles. The molecule has 25 heavy (non-hydrogen) atoms. The predicted octanol–water partition coefficient (Wildman–Crippen LogP) is 2.08. The molecule has 2 amide bonds. The topological polar surface area (TPSA) is 115 Å². The average molecular weight is 344 g/mol. The largest absolute Gasteiger partial charge is 0.334 e. The fourth-order valence-electron chi connectivity index (χ4n) is 2.86. The summed E-state index contributed by atoms with van der Waals surface area (Å²) in [6.45, 7) is 3.03. The fourth-order valence-corrected chi connectivity index (χ4v) is 2.86. The number of nitrogens with one attached hydrogen (secondary N) is 2. The SMILES string of the molecule is CCc1nc2n(n1)CCC[C@@H]2NC(=O)NCc1cccc([N+](=O)[O-])c1. The second-order valence-electron chi connectivity index (χ2n) is 5.91. The average Bonchev–Trinajstić information content (AvgIpc) is 3.05. The van der Waals surface area contributed by atoms with Gasteiger partial charge in [-0.15, -0.1) is 0 Å². The van der Waals surface area contributed by atoms with Crippen LogP contribution in [-0.4, -0.2) is 25.7 Å². The van der Waals surface area contributed by atoms with Crippen LogP contribution in [0, 0.1) is 10.1 Å². The quantitative estimate of drug-likeness (QED) is 0.636. The number of carbonyl (C=O) groups is 1. The number of hydrogen-bond donors (Lipinski definition) is 2. The van der Waals surface area contributed by atoms with Gasteiger partial charge < -0.3 is 10.6 Å². The second-order valence-corrected chi connectivity index (χ2v) is 5.91. The summed E-state index contributed by atoms with van der Waals surface area (Å²) in [7, 11) is 0. The van der Waals surface area contributed by atoms with E-state index in [2.05, 4.69) is 20.7 Å². The van der Waals surface area contributed by atoms with E-state index in [9.17, 15) is 14.9 Å². The summed E-state index contributed by atoms with van der Waals surface area (Å²) in [5.41, 5.74) is 0.677. The number of nitro groups is 1. The Kier molecular flexibility index (Phi) is 4.92. The molecule has 1 aromatic carbocycles. The van der Waals surface area contributed by atoms with Gasteiger partial charge in [-0.2, -0.15) is 5.10 Å². The van der Waals surface area contributed by atoms with Gasteiger partial charge in [-0.3, -0.25) is 10.1 Å². The van der Waals surface area contributed by atoms with E-state index < -0.39 is 4.92 Å². The van der Waals surface area contributed by atoms with Gasteiger partial charge in [-0.1, -0.05) is 19.1 Å². The molecule has 2 heterocycles. The van der Waals surface area contributed by atoms with E-state index >= 15 is 0 Å². The minimum Gasteiger partial charge on any atom is -0.334 e. The standard InChI is InChI=1S/C16H20N6O3/c1-2-14-19-15-13(7-4-8-21(15)20-14)18-16(23)17-10-11-5-3-6-12(9-11)22(24)25/h3,5-6,9,13H,2,4,7-8,10H2,1H3,(H2,17,18,23)/t13-/m0/s1. The summed E-state index contributed by atoms with van der Waals surface area (Å²) in [4.78, 5) is 27.0. The molecule has 1 atom stereocenters. The van der Waals surface area contributed by atoms with E-state index in [1.54, 1.807) is 12.1 Å². The zero-order chi connectivity index (χ0) is 17.8. The van der Waals surface area contributed by atoms with Gasteiger partial charge in [0, 0.05) is 31.6 Å². The number of hydrogen-bond acceptors (Lipinski definition) is 5. The van der Waals surface area contributed by atoms with Crippen molar-refractivity contribution in [2.75, 3.05) is 0 Å². The molecular weight excluding hydrogens is 324 g/mol. The van der Waals surface area contributed by atoms with E-state index in [1.807, 2.05) is 11.6 Å². The fraction of sp³-hybridized carbons (Fsp3) is 0.438. The van der Waals surface area contributed by atoms with Gasteiger partial charge in [0.05, 0.1) is 11.0 Å². The number of non-ortho nitro benzene ring substituents is 1. The van der Waals surface area contributed by atoms with Crippen LogP contribution >= 0.6 is 0 Å². The van der Waals surface area contributed by atoms with Crippen molar-refractivity contribution in [1.82, 2.24) is 25.4 Å². The highest BCUT2D eigenvalue weighted by Gasteiger charge is 2.25. The number of aryl methyl sites for hydroxylation is 2. The molecule has 9 heteroatoms. The molecule has 1 aliphatic rings. The molecule has 3 rings (SSSR count). The van der Waals surface area contributed by atoms with Crippen LogP contribution < -0.4 is 10.6 Å². The van der Waals surface area contributed by atoms with Crippen LogP contribution in [0.25, 0.3) is 0 Å². The molecule has 0 aliphatic carbocycles.